The summed E-state index contributed by atoms with van der Waals surface area (Å²) in [6, 6.07) is 0.386. The Balaban J connectivity index is 1.93. The molecule has 2 rings (SSSR count). The van der Waals surface area contributed by atoms with Gasteiger partial charge in [-0.2, -0.15) is 4.98 Å². The number of ether oxygens (including phenoxy) is 1. The number of aromatic nitrogens is 2. The predicted molar refractivity (Wildman–Crippen MR) is 78.8 cm³/mol. The molecule has 1 heterocycles. The molecule has 1 aliphatic rings. The zero-order valence-corrected chi connectivity index (χ0v) is 12.4. The Bertz CT molecular complexity index is 412. The van der Waals surface area contributed by atoms with Gasteiger partial charge < -0.3 is 15.2 Å². The highest BCUT2D eigenvalue weighted by Gasteiger charge is 2.26. The topological polar surface area (TPSA) is 67.3 Å². The number of rotatable bonds is 7. The van der Waals surface area contributed by atoms with Gasteiger partial charge in [0, 0.05) is 12.6 Å². The largest absolute Gasteiger partial charge is 0.476 e. The molecule has 1 aliphatic carbocycles. The number of aliphatic hydroxyl groups excluding tert-OH is 1. The number of nitrogens with one attached hydrogen (secondary N) is 1. The first-order valence-electron chi connectivity index (χ1n) is 7.51. The second-order valence-electron chi connectivity index (χ2n) is 5.90. The lowest BCUT2D eigenvalue weighted by Gasteiger charge is -2.20. The number of hydrogen-bond acceptors (Lipinski definition) is 5. The molecule has 1 saturated carbocycles. The van der Waals surface area contributed by atoms with E-state index in [1.54, 1.807) is 12.4 Å². The highest BCUT2D eigenvalue weighted by atomic mass is 16.5. The second kappa shape index (κ2) is 7.43. The highest BCUT2D eigenvalue weighted by Crippen LogP contribution is 2.30. The van der Waals surface area contributed by atoms with Crippen LogP contribution in [0.1, 0.15) is 39.5 Å². The van der Waals surface area contributed by atoms with E-state index in [9.17, 15) is 0 Å². The lowest BCUT2D eigenvalue weighted by molar-refractivity contribution is 0.253. The Morgan fingerprint density at radius 1 is 1.40 bits per heavy atom. The van der Waals surface area contributed by atoms with Crippen molar-refractivity contribution in [1.82, 2.24) is 9.97 Å². The number of hydrogen-bond donors (Lipinski definition) is 2. The van der Waals surface area contributed by atoms with Crippen LogP contribution in [0.3, 0.4) is 0 Å². The van der Waals surface area contributed by atoms with Crippen LogP contribution in [-0.4, -0.2) is 34.3 Å². The molecule has 1 aromatic rings. The number of nitrogens with zero attached hydrogens (tertiary/aromatic N) is 2. The van der Waals surface area contributed by atoms with Crippen LogP contribution in [0.5, 0.6) is 5.88 Å². The Hall–Kier alpha value is -1.36. The molecule has 0 aliphatic heterocycles. The SMILES string of the molecule is CC(C)COc1cncc(NC2CCCC2CCO)n1. The first-order valence-corrected chi connectivity index (χ1v) is 7.51. The maximum Gasteiger partial charge on any atom is 0.234 e. The van der Waals surface area contributed by atoms with Crippen molar-refractivity contribution in [2.45, 2.75) is 45.6 Å². The van der Waals surface area contributed by atoms with Gasteiger partial charge in [-0.1, -0.05) is 20.3 Å². The molecule has 20 heavy (non-hydrogen) atoms. The number of anilines is 1. The van der Waals surface area contributed by atoms with Crippen molar-refractivity contribution in [3.63, 3.8) is 0 Å². The summed E-state index contributed by atoms with van der Waals surface area (Å²) in [5, 5.41) is 12.5. The van der Waals surface area contributed by atoms with Crippen LogP contribution < -0.4 is 10.1 Å². The Labute approximate surface area is 120 Å². The van der Waals surface area contributed by atoms with Crippen molar-refractivity contribution in [3.8, 4) is 5.88 Å². The molecule has 0 amide bonds. The molecule has 0 bridgehead atoms. The molecule has 2 unspecified atom stereocenters. The van der Waals surface area contributed by atoms with E-state index in [1.165, 1.54) is 12.8 Å². The van der Waals surface area contributed by atoms with Crippen LogP contribution in [-0.2, 0) is 0 Å². The van der Waals surface area contributed by atoms with Crippen molar-refractivity contribution in [3.05, 3.63) is 12.4 Å². The van der Waals surface area contributed by atoms with Gasteiger partial charge in [0.2, 0.25) is 5.88 Å². The summed E-state index contributed by atoms with van der Waals surface area (Å²) in [6.45, 7) is 5.11. The minimum atomic E-state index is 0.256. The van der Waals surface area contributed by atoms with Gasteiger partial charge in [0.25, 0.3) is 0 Å². The molecule has 2 atom stereocenters. The van der Waals surface area contributed by atoms with Gasteiger partial charge >= 0.3 is 0 Å². The molecule has 0 radical (unpaired) electrons. The van der Waals surface area contributed by atoms with Gasteiger partial charge in [-0.3, -0.25) is 4.98 Å². The van der Waals surface area contributed by atoms with E-state index in [0.29, 0.717) is 30.4 Å². The van der Waals surface area contributed by atoms with E-state index in [2.05, 4.69) is 29.1 Å². The van der Waals surface area contributed by atoms with E-state index in [1.807, 2.05) is 0 Å². The first kappa shape index (κ1) is 15.0. The van der Waals surface area contributed by atoms with Gasteiger partial charge in [-0.15, -0.1) is 0 Å². The maximum absolute atomic E-state index is 9.10. The summed E-state index contributed by atoms with van der Waals surface area (Å²) in [5.41, 5.74) is 0. The maximum atomic E-state index is 9.10. The average molecular weight is 279 g/mol. The van der Waals surface area contributed by atoms with Gasteiger partial charge in [0.05, 0.1) is 19.0 Å². The fraction of sp³-hybridized carbons (Fsp3) is 0.733. The first-order chi connectivity index (χ1) is 9.69. The van der Waals surface area contributed by atoms with Crippen molar-refractivity contribution in [2.24, 2.45) is 11.8 Å². The van der Waals surface area contributed by atoms with Crippen LogP contribution in [0.15, 0.2) is 12.4 Å². The quantitative estimate of drug-likeness (QED) is 0.802. The van der Waals surface area contributed by atoms with Gasteiger partial charge in [-0.25, -0.2) is 0 Å². The van der Waals surface area contributed by atoms with E-state index in [0.717, 1.165) is 18.7 Å². The fourth-order valence-electron chi connectivity index (χ4n) is 2.67. The monoisotopic (exact) mass is 279 g/mol. The molecule has 0 saturated heterocycles. The molecule has 0 aromatic carbocycles. The summed E-state index contributed by atoms with van der Waals surface area (Å²) >= 11 is 0. The van der Waals surface area contributed by atoms with Gasteiger partial charge in [0.1, 0.15) is 5.82 Å². The van der Waals surface area contributed by atoms with E-state index < -0.39 is 0 Å². The molecule has 0 spiro atoms. The van der Waals surface area contributed by atoms with Crippen LogP contribution in [0.2, 0.25) is 0 Å². The summed E-state index contributed by atoms with van der Waals surface area (Å²) < 4.78 is 5.59. The summed E-state index contributed by atoms with van der Waals surface area (Å²) in [5.74, 6) is 2.33. The van der Waals surface area contributed by atoms with E-state index in [4.69, 9.17) is 9.84 Å². The van der Waals surface area contributed by atoms with Crippen LogP contribution in [0, 0.1) is 11.8 Å². The molecule has 1 aromatic heterocycles. The molecule has 5 heteroatoms. The van der Waals surface area contributed by atoms with Crippen LogP contribution >= 0.6 is 0 Å². The van der Waals surface area contributed by atoms with Gasteiger partial charge in [-0.05, 0) is 31.1 Å². The lowest BCUT2D eigenvalue weighted by atomic mass is 10.0. The molecule has 5 nitrogen and oxygen atoms in total. The Morgan fingerprint density at radius 3 is 3.00 bits per heavy atom. The minimum absolute atomic E-state index is 0.256. The third kappa shape index (κ3) is 4.34. The van der Waals surface area contributed by atoms with Crippen molar-refractivity contribution in [2.75, 3.05) is 18.5 Å². The standard InChI is InChI=1S/C15H25N3O2/c1-11(2)10-20-15-9-16-8-14(18-15)17-13-5-3-4-12(13)6-7-19/h8-9,11-13,19H,3-7,10H2,1-2H3,(H,17,18). The highest BCUT2D eigenvalue weighted by molar-refractivity contribution is 5.35. The normalized spacial score (nSPS) is 22.2. The molecule has 1 fully saturated rings. The minimum Gasteiger partial charge on any atom is -0.476 e. The van der Waals surface area contributed by atoms with E-state index >= 15 is 0 Å². The fourth-order valence-corrected chi connectivity index (χ4v) is 2.67. The van der Waals surface area contributed by atoms with Crippen LogP contribution in [0.4, 0.5) is 5.82 Å². The van der Waals surface area contributed by atoms with E-state index in [-0.39, 0.29) is 6.61 Å². The third-order valence-electron chi connectivity index (χ3n) is 3.67. The summed E-state index contributed by atoms with van der Waals surface area (Å²) in [7, 11) is 0. The zero-order valence-electron chi connectivity index (χ0n) is 12.4. The third-order valence-corrected chi connectivity index (χ3v) is 3.67. The molecule has 112 valence electrons. The zero-order chi connectivity index (χ0) is 14.4. The Kier molecular flexibility index (Phi) is 5.59. The summed E-state index contributed by atoms with van der Waals surface area (Å²) in [4.78, 5) is 8.62. The van der Waals surface area contributed by atoms with Gasteiger partial charge in [0.15, 0.2) is 0 Å². The van der Waals surface area contributed by atoms with Crippen molar-refractivity contribution >= 4 is 5.82 Å². The van der Waals surface area contributed by atoms with Crippen molar-refractivity contribution < 1.29 is 9.84 Å². The average Bonchev–Trinajstić information content (AvgIpc) is 2.85. The lowest BCUT2D eigenvalue weighted by Crippen LogP contribution is -2.25. The summed E-state index contributed by atoms with van der Waals surface area (Å²) in [6.07, 6.45) is 7.75. The van der Waals surface area contributed by atoms with Crippen molar-refractivity contribution in [1.29, 1.82) is 0 Å². The van der Waals surface area contributed by atoms with Crippen LogP contribution in [0.25, 0.3) is 0 Å². The molecule has 2 N–H and O–H groups in total. The smallest absolute Gasteiger partial charge is 0.234 e. The molecular weight excluding hydrogens is 254 g/mol. The number of aliphatic hydroxyl groups is 1. The second-order valence-corrected chi connectivity index (χ2v) is 5.90. The molecular formula is C15H25N3O2. The Morgan fingerprint density at radius 2 is 2.25 bits per heavy atom. The predicted octanol–water partition coefficient (Wildman–Crippen LogP) is 2.47.